The van der Waals surface area contributed by atoms with Gasteiger partial charge < -0.3 is 10.3 Å². The molecule has 3 nitrogen and oxygen atoms in total. The fraction of sp³-hybridized carbons (Fsp3) is 0.438. The van der Waals surface area contributed by atoms with Crippen LogP contribution in [-0.2, 0) is 6.42 Å². The number of hydrogen-bond acceptors (Lipinski definition) is 3. The van der Waals surface area contributed by atoms with Crippen LogP contribution in [0.5, 0.6) is 0 Å². The first-order valence-electron chi connectivity index (χ1n) is 6.97. The Kier molecular flexibility index (Phi) is 3.05. The Labute approximate surface area is 113 Å². The number of benzene rings is 1. The molecule has 0 unspecified atom stereocenters. The Hall–Kier alpha value is -1.77. The Morgan fingerprint density at radius 3 is 2.68 bits per heavy atom. The van der Waals surface area contributed by atoms with Crippen molar-refractivity contribution in [2.75, 3.05) is 5.73 Å². The van der Waals surface area contributed by atoms with Crippen molar-refractivity contribution in [1.82, 2.24) is 5.16 Å². The lowest BCUT2D eigenvalue weighted by Crippen LogP contribution is -2.14. The molecule has 19 heavy (non-hydrogen) atoms. The van der Waals surface area contributed by atoms with Crippen LogP contribution in [0.1, 0.15) is 36.1 Å². The quantitative estimate of drug-likeness (QED) is 0.906. The molecule has 0 spiro atoms. The van der Waals surface area contributed by atoms with Crippen molar-refractivity contribution in [3.8, 4) is 11.1 Å². The van der Waals surface area contributed by atoms with Crippen LogP contribution in [0.25, 0.3) is 11.1 Å². The maximum Gasteiger partial charge on any atom is 0.230 e. The highest BCUT2D eigenvalue weighted by Gasteiger charge is 2.23. The van der Waals surface area contributed by atoms with Gasteiger partial charge in [-0.25, -0.2) is 0 Å². The van der Waals surface area contributed by atoms with Gasteiger partial charge in [-0.05, 0) is 42.9 Å². The van der Waals surface area contributed by atoms with Gasteiger partial charge in [0.05, 0.1) is 11.3 Å². The van der Waals surface area contributed by atoms with Crippen molar-refractivity contribution >= 4 is 5.88 Å². The van der Waals surface area contributed by atoms with Crippen molar-refractivity contribution < 1.29 is 4.52 Å². The van der Waals surface area contributed by atoms with E-state index in [0.29, 0.717) is 5.88 Å². The third-order valence-electron chi connectivity index (χ3n) is 4.29. The maximum absolute atomic E-state index is 5.97. The summed E-state index contributed by atoms with van der Waals surface area (Å²) in [6.07, 6.45) is 4.94. The SMILES string of the molecule is Cc1ccc(-c2c(CC3CCC3)noc2N)cc1C. The topological polar surface area (TPSA) is 52.0 Å². The lowest BCUT2D eigenvalue weighted by molar-refractivity contribution is 0.306. The van der Waals surface area contributed by atoms with Gasteiger partial charge in [0.2, 0.25) is 5.88 Å². The van der Waals surface area contributed by atoms with E-state index in [1.165, 1.54) is 30.4 Å². The van der Waals surface area contributed by atoms with Crippen molar-refractivity contribution in [3.63, 3.8) is 0 Å². The minimum Gasteiger partial charge on any atom is -0.367 e. The monoisotopic (exact) mass is 256 g/mol. The van der Waals surface area contributed by atoms with E-state index in [0.717, 1.165) is 29.2 Å². The fourth-order valence-electron chi connectivity index (χ4n) is 2.65. The van der Waals surface area contributed by atoms with Crippen molar-refractivity contribution in [3.05, 3.63) is 35.0 Å². The number of aromatic nitrogens is 1. The average Bonchev–Trinajstić information content (AvgIpc) is 2.69. The molecule has 0 radical (unpaired) electrons. The number of rotatable bonds is 3. The number of anilines is 1. The molecular weight excluding hydrogens is 236 g/mol. The van der Waals surface area contributed by atoms with E-state index < -0.39 is 0 Å². The van der Waals surface area contributed by atoms with Crippen LogP contribution in [0.4, 0.5) is 5.88 Å². The van der Waals surface area contributed by atoms with Gasteiger partial charge in [0.15, 0.2) is 0 Å². The Balaban J connectivity index is 1.97. The van der Waals surface area contributed by atoms with E-state index in [-0.39, 0.29) is 0 Å². The summed E-state index contributed by atoms with van der Waals surface area (Å²) < 4.78 is 5.22. The predicted molar refractivity (Wildman–Crippen MR) is 76.9 cm³/mol. The molecule has 1 fully saturated rings. The minimum absolute atomic E-state index is 0.442. The van der Waals surface area contributed by atoms with Crippen LogP contribution < -0.4 is 5.73 Å². The van der Waals surface area contributed by atoms with Crippen molar-refractivity contribution in [1.29, 1.82) is 0 Å². The second kappa shape index (κ2) is 4.72. The molecule has 1 aromatic heterocycles. The molecule has 0 atom stereocenters. The standard InChI is InChI=1S/C16H20N2O/c1-10-6-7-13(8-11(10)2)15-14(18-19-16(15)17)9-12-4-3-5-12/h6-8,12H,3-5,9,17H2,1-2H3. The smallest absolute Gasteiger partial charge is 0.230 e. The molecule has 0 saturated heterocycles. The second-order valence-electron chi connectivity index (χ2n) is 5.67. The van der Waals surface area contributed by atoms with E-state index in [1.54, 1.807) is 0 Å². The van der Waals surface area contributed by atoms with Crippen molar-refractivity contribution in [2.24, 2.45) is 5.92 Å². The zero-order valence-corrected chi connectivity index (χ0v) is 11.6. The van der Waals surface area contributed by atoms with Crippen LogP contribution in [0.15, 0.2) is 22.7 Å². The highest BCUT2D eigenvalue weighted by Crippen LogP contribution is 2.36. The average molecular weight is 256 g/mol. The third-order valence-corrected chi connectivity index (χ3v) is 4.29. The first kappa shape index (κ1) is 12.3. The summed E-state index contributed by atoms with van der Waals surface area (Å²) in [5.74, 6) is 1.20. The molecule has 1 aromatic carbocycles. The van der Waals surface area contributed by atoms with E-state index in [4.69, 9.17) is 10.3 Å². The fourth-order valence-corrected chi connectivity index (χ4v) is 2.65. The molecule has 2 aromatic rings. The molecule has 1 aliphatic carbocycles. The van der Waals surface area contributed by atoms with Gasteiger partial charge in [-0.3, -0.25) is 0 Å². The molecule has 1 heterocycles. The first-order valence-corrected chi connectivity index (χ1v) is 6.97. The van der Waals surface area contributed by atoms with Gasteiger partial charge in [0.1, 0.15) is 0 Å². The van der Waals surface area contributed by atoms with Gasteiger partial charge >= 0.3 is 0 Å². The van der Waals surface area contributed by atoms with E-state index >= 15 is 0 Å². The summed E-state index contributed by atoms with van der Waals surface area (Å²) >= 11 is 0. The highest BCUT2D eigenvalue weighted by molar-refractivity contribution is 5.75. The van der Waals surface area contributed by atoms with Gasteiger partial charge in [0.25, 0.3) is 0 Å². The number of hydrogen-bond donors (Lipinski definition) is 1. The molecule has 100 valence electrons. The Morgan fingerprint density at radius 1 is 1.26 bits per heavy atom. The first-order chi connectivity index (χ1) is 9.15. The molecule has 1 aliphatic rings. The Bertz CT molecular complexity index is 597. The summed E-state index contributed by atoms with van der Waals surface area (Å²) in [6.45, 7) is 4.24. The molecule has 3 rings (SSSR count). The lowest BCUT2D eigenvalue weighted by Gasteiger charge is -2.24. The zero-order chi connectivity index (χ0) is 13.4. The lowest BCUT2D eigenvalue weighted by atomic mass is 9.81. The number of nitrogens with zero attached hydrogens (tertiary/aromatic N) is 1. The summed E-state index contributed by atoms with van der Waals surface area (Å²) in [4.78, 5) is 0. The molecule has 3 heteroatoms. The minimum atomic E-state index is 0.442. The van der Waals surface area contributed by atoms with Gasteiger partial charge in [0, 0.05) is 0 Å². The number of nitrogen functional groups attached to an aromatic ring is 1. The van der Waals surface area contributed by atoms with Crippen LogP contribution in [-0.4, -0.2) is 5.16 Å². The third kappa shape index (κ3) is 2.25. The zero-order valence-electron chi connectivity index (χ0n) is 11.6. The normalized spacial score (nSPS) is 15.5. The van der Waals surface area contributed by atoms with Crippen LogP contribution in [0.3, 0.4) is 0 Å². The van der Waals surface area contributed by atoms with Gasteiger partial charge in [-0.15, -0.1) is 0 Å². The molecule has 0 aliphatic heterocycles. The number of aryl methyl sites for hydroxylation is 2. The van der Waals surface area contributed by atoms with Crippen LogP contribution in [0, 0.1) is 19.8 Å². The second-order valence-corrected chi connectivity index (χ2v) is 5.67. The van der Waals surface area contributed by atoms with Crippen molar-refractivity contribution in [2.45, 2.75) is 39.5 Å². The van der Waals surface area contributed by atoms with Crippen LogP contribution in [0.2, 0.25) is 0 Å². The maximum atomic E-state index is 5.97. The molecule has 2 N–H and O–H groups in total. The summed E-state index contributed by atoms with van der Waals surface area (Å²) in [6, 6.07) is 6.40. The summed E-state index contributed by atoms with van der Waals surface area (Å²) in [5.41, 5.74) is 11.7. The predicted octanol–water partition coefficient (Wildman–Crippen LogP) is 3.88. The van der Waals surface area contributed by atoms with Crippen LogP contribution >= 0.6 is 0 Å². The van der Waals surface area contributed by atoms with E-state index in [2.05, 4.69) is 37.2 Å². The molecule has 0 bridgehead atoms. The van der Waals surface area contributed by atoms with E-state index in [9.17, 15) is 0 Å². The largest absolute Gasteiger partial charge is 0.367 e. The molecule has 1 saturated carbocycles. The van der Waals surface area contributed by atoms with Gasteiger partial charge in [-0.2, -0.15) is 0 Å². The van der Waals surface area contributed by atoms with Gasteiger partial charge in [-0.1, -0.05) is 42.6 Å². The summed E-state index contributed by atoms with van der Waals surface area (Å²) in [5, 5.41) is 4.17. The molecule has 0 amide bonds. The summed E-state index contributed by atoms with van der Waals surface area (Å²) in [7, 11) is 0. The Morgan fingerprint density at radius 2 is 2.05 bits per heavy atom. The van der Waals surface area contributed by atoms with E-state index in [1.807, 2.05) is 0 Å². The number of nitrogens with two attached hydrogens (primary N) is 1. The molecular formula is C16H20N2O. The highest BCUT2D eigenvalue weighted by atomic mass is 16.5.